The molecule has 2 heterocycles. The molecule has 0 bridgehead atoms. The van der Waals surface area contributed by atoms with Crippen LogP contribution in [-0.4, -0.2) is 0 Å². The lowest BCUT2D eigenvalue weighted by Crippen LogP contribution is -2.09. The van der Waals surface area contributed by atoms with Gasteiger partial charge in [-0.2, -0.15) is 0 Å². The van der Waals surface area contributed by atoms with Crippen LogP contribution in [0.3, 0.4) is 0 Å². The number of thiophene rings is 2. The van der Waals surface area contributed by atoms with Gasteiger partial charge in [-0.15, -0.1) is 22.7 Å². The number of hydrogen-bond donors (Lipinski definition) is 1. The Balaban J connectivity index is 1.94. The highest BCUT2D eigenvalue weighted by Gasteiger charge is 2.16. The molecular weight excluding hydrogens is 289 g/mol. The van der Waals surface area contributed by atoms with Crippen LogP contribution in [0.5, 0.6) is 0 Å². The van der Waals surface area contributed by atoms with Crippen molar-refractivity contribution in [3.63, 3.8) is 0 Å². The number of anilines is 1. The van der Waals surface area contributed by atoms with Crippen molar-refractivity contribution in [1.82, 2.24) is 0 Å². The zero-order valence-corrected chi connectivity index (χ0v) is 12.6. The molecule has 0 atom stereocenters. The zero-order chi connectivity index (χ0) is 13.9. The van der Waals surface area contributed by atoms with Gasteiger partial charge in [0.05, 0.1) is 6.04 Å². The molecule has 1 aromatic carbocycles. The van der Waals surface area contributed by atoms with Gasteiger partial charge in [-0.25, -0.2) is 4.39 Å². The van der Waals surface area contributed by atoms with Crippen molar-refractivity contribution < 1.29 is 4.39 Å². The first kappa shape index (κ1) is 13.3. The van der Waals surface area contributed by atoms with Gasteiger partial charge in [0.1, 0.15) is 5.82 Å². The minimum Gasteiger partial charge on any atom is -0.373 e. The second kappa shape index (κ2) is 5.77. The molecule has 2 aromatic heterocycles. The van der Waals surface area contributed by atoms with Crippen molar-refractivity contribution in [2.75, 3.05) is 5.32 Å². The van der Waals surface area contributed by atoms with Crippen LogP contribution < -0.4 is 5.32 Å². The number of benzene rings is 1. The lowest BCUT2D eigenvalue weighted by Gasteiger charge is -2.18. The van der Waals surface area contributed by atoms with E-state index >= 15 is 0 Å². The molecule has 0 saturated carbocycles. The molecule has 0 saturated heterocycles. The first-order chi connectivity index (χ1) is 9.72. The molecular formula is C16H14FNS2. The van der Waals surface area contributed by atoms with Crippen LogP contribution in [0.1, 0.15) is 21.4 Å². The van der Waals surface area contributed by atoms with E-state index in [1.165, 1.54) is 15.8 Å². The highest BCUT2D eigenvalue weighted by atomic mass is 32.1. The van der Waals surface area contributed by atoms with Crippen LogP contribution in [0.2, 0.25) is 0 Å². The van der Waals surface area contributed by atoms with Crippen LogP contribution >= 0.6 is 22.7 Å². The highest BCUT2D eigenvalue weighted by Crippen LogP contribution is 2.32. The van der Waals surface area contributed by atoms with Gasteiger partial charge in [0.2, 0.25) is 0 Å². The molecule has 20 heavy (non-hydrogen) atoms. The predicted molar refractivity (Wildman–Crippen MR) is 85.2 cm³/mol. The molecule has 0 fully saturated rings. The Bertz CT molecular complexity index is 620. The maximum atomic E-state index is 13.5. The second-order valence-corrected chi connectivity index (χ2v) is 6.58. The number of aryl methyl sites for hydroxylation is 1. The summed E-state index contributed by atoms with van der Waals surface area (Å²) in [6.45, 7) is 1.90. The SMILES string of the molecule is Cc1cc(F)cc(NC(c2cccs2)c2cccs2)c1. The summed E-state index contributed by atoms with van der Waals surface area (Å²) < 4.78 is 13.5. The highest BCUT2D eigenvalue weighted by molar-refractivity contribution is 7.11. The van der Waals surface area contributed by atoms with Gasteiger partial charge in [0.25, 0.3) is 0 Å². The van der Waals surface area contributed by atoms with E-state index in [-0.39, 0.29) is 11.9 Å². The Labute approximate surface area is 125 Å². The average molecular weight is 303 g/mol. The largest absolute Gasteiger partial charge is 0.373 e. The molecule has 0 unspecified atom stereocenters. The predicted octanol–water partition coefficient (Wildman–Crippen LogP) is 5.46. The molecule has 4 heteroatoms. The number of halogens is 1. The fraction of sp³-hybridized carbons (Fsp3) is 0.125. The fourth-order valence-electron chi connectivity index (χ4n) is 2.18. The van der Waals surface area contributed by atoms with Crippen molar-refractivity contribution in [2.24, 2.45) is 0 Å². The standard InChI is InChI=1S/C16H14FNS2/c1-11-8-12(17)10-13(9-11)18-16(14-4-2-6-19-14)15-5-3-7-20-15/h2-10,16,18H,1H3. The number of hydrogen-bond acceptors (Lipinski definition) is 3. The van der Waals surface area contributed by atoms with E-state index in [9.17, 15) is 4.39 Å². The molecule has 102 valence electrons. The van der Waals surface area contributed by atoms with Gasteiger partial charge in [-0.05, 0) is 53.6 Å². The third kappa shape index (κ3) is 2.92. The Morgan fingerprint density at radius 1 is 1.00 bits per heavy atom. The van der Waals surface area contributed by atoms with E-state index in [2.05, 4.69) is 28.2 Å². The van der Waals surface area contributed by atoms with Crippen molar-refractivity contribution in [3.05, 3.63) is 74.4 Å². The molecule has 1 nitrogen and oxygen atoms in total. The Morgan fingerprint density at radius 2 is 1.65 bits per heavy atom. The first-order valence-electron chi connectivity index (χ1n) is 6.33. The molecule has 0 radical (unpaired) electrons. The van der Waals surface area contributed by atoms with E-state index in [1.54, 1.807) is 28.7 Å². The molecule has 0 aliphatic rings. The zero-order valence-electron chi connectivity index (χ0n) is 11.0. The van der Waals surface area contributed by atoms with E-state index in [1.807, 2.05) is 25.1 Å². The molecule has 3 aromatic rings. The Morgan fingerprint density at radius 3 is 2.15 bits per heavy atom. The topological polar surface area (TPSA) is 12.0 Å². The van der Waals surface area contributed by atoms with Gasteiger partial charge in [0.15, 0.2) is 0 Å². The summed E-state index contributed by atoms with van der Waals surface area (Å²) in [7, 11) is 0. The van der Waals surface area contributed by atoms with Crippen LogP contribution in [0.25, 0.3) is 0 Å². The quantitative estimate of drug-likeness (QED) is 0.675. The lowest BCUT2D eigenvalue weighted by molar-refractivity contribution is 0.627. The van der Waals surface area contributed by atoms with Crippen LogP contribution in [0.4, 0.5) is 10.1 Å². The smallest absolute Gasteiger partial charge is 0.125 e. The van der Waals surface area contributed by atoms with E-state index in [0.29, 0.717) is 0 Å². The molecule has 0 amide bonds. The van der Waals surface area contributed by atoms with E-state index < -0.39 is 0 Å². The summed E-state index contributed by atoms with van der Waals surface area (Å²) in [5.74, 6) is -0.205. The van der Waals surface area contributed by atoms with Crippen molar-refractivity contribution in [3.8, 4) is 0 Å². The molecule has 3 rings (SSSR count). The molecule has 0 aliphatic heterocycles. The normalized spacial score (nSPS) is 10.9. The summed E-state index contributed by atoms with van der Waals surface area (Å²) in [6.07, 6.45) is 0. The van der Waals surface area contributed by atoms with Crippen LogP contribution in [-0.2, 0) is 0 Å². The molecule has 1 N–H and O–H groups in total. The molecule has 0 spiro atoms. The lowest BCUT2D eigenvalue weighted by atomic mass is 10.1. The van der Waals surface area contributed by atoms with Gasteiger partial charge in [-0.1, -0.05) is 12.1 Å². The fourth-order valence-corrected chi connectivity index (χ4v) is 3.84. The van der Waals surface area contributed by atoms with Gasteiger partial charge < -0.3 is 5.32 Å². The minimum atomic E-state index is -0.205. The average Bonchev–Trinajstić information content (AvgIpc) is 3.08. The van der Waals surface area contributed by atoms with Crippen LogP contribution in [0, 0.1) is 12.7 Å². The summed E-state index contributed by atoms with van der Waals surface area (Å²) >= 11 is 3.41. The minimum absolute atomic E-state index is 0.0798. The monoisotopic (exact) mass is 303 g/mol. The first-order valence-corrected chi connectivity index (χ1v) is 8.09. The van der Waals surface area contributed by atoms with E-state index in [0.717, 1.165) is 11.3 Å². The van der Waals surface area contributed by atoms with Crippen molar-refractivity contribution in [1.29, 1.82) is 0 Å². The van der Waals surface area contributed by atoms with Crippen LogP contribution in [0.15, 0.2) is 53.2 Å². The second-order valence-electron chi connectivity index (χ2n) is 4.63. The van der Waals surface area contributed by atoms with Crippen molar-refractivity contribution >= 4 is 28.4 Å². The summed E-state index contributed by atoms with van der Waals surface area (Å²) in [6, 6.07) is 13.4. The van der Waals surface area contributed by atoms with Gasteiger partial charge >= 0.3 is 0 Å². The number of nitrogens with one attached hydrogen (secondary N) is 1. The van der Waals surface area contributed by atoms with E-state index in [4.69, 9.17) is 0 Å². The summed E-state index contributed by atoms with van der Waals surface area (Å²) in [5.41, 5.74) is 1.73. The Kier molecular flexibility index (Phi) is 3.85. The summed E-state index contributed by atoms with van der Waals surface area (Å²) in [4.78, 5) is 2.46. The third-order valence-corrected chi connectivity index (χ3v) is 4.88. The Hall–Kier alpha value is -1.65. The van der Waals surface area contributed by atoms with Crippen molar-refractivity contribution in [2.45, 2.75) is 13.0 Å². The maximum absolute atomic E-state index is 13.5. The molecule has 0 aliphatic carbocycles. The third-order valence-electron chi connectivity index (χ3n) is 3.01. The number of rotatable bonds is 4. The van der Waals surface area contributed by atoms with Gasteiger partial charge in [0, 0.05) is 15.4 Å². The van der Waals surface area contributed by atoms with Gasteiger partial charge in [-0.3, -0.25) is 0 Å². The maximum Gasteiger partial charge on any atom is 0.125 e. The summed E-state index contributed by atoms with van der Waals surface area (Å²) in [5, 5.41) is 7.57.